The summed E-state index contributed by atoms with van der Waals surface area (Å²) in [5, 5.41) is 15.4. The number of para-hydroxylation sites is 3. The second-order valence-electron chi connectivity index (χ2n) is 10.7. The van der Waals surface area contributed by atoms with Gasteiger partial charge in [-0.05, 0) is 73.9 Å². The van der Waals surface area contributed by atoms with Crippen LogP contribution in [0.25, 0.3) is 15.9 Å². The van der Waals surface area contributed by atoms with Gasteiger partial charge in [0.1, 0.15) is 12.4 Å². The fourth-order valence-corrected chi connectivity index (χ4v) is 7.55. The van der Waals surface area contributed by atoms with E-state index in [1.54, 1.807) is 0 Å². The summed E-state index contributed by atoms with van der Waals surface area (Å²) in [4.78, 5) is 30.3. The summed E-state index contributed by atoms with van der Waals surface area (Å²) in [5.74, 6) is 1.56. The number of carbonyl (C=O) groups is 2. The normalized spacial score (nSPS) is 11.0. The van der Waals surface area contributed by atoms with Gasteiger partial charge in [-0.1, -0.05) is 78.1 Å². The van der Waals surface area contributed by atoms with Crippen molar-refractivity contribution in [3.8, 4) is 11.4 Å². The highest BCUT2D eigenvalue weighted by molar-refractivity contribution is 8.01. The highest BCUT2D eigenvalue weighted by Gasteiger charge is 2.17. The van der Waals surface area contributed by atoms with Crippen LogP contribution in [0.5, 0.6) is 5.75 Å². The molecular weight excluding hydrogens is 649 g/mol. The van der Waals surface area contributed by atoms with E-state index in [1.807, 2.05) is 116 Å². The lowest BCUT2D eigenvalue weighted by Crippen LogP contribution is -2.15. The molecule has 0 fully saturated rings. The predicted molar refractivity (Wildman–Crippen MR) is 191 cm³/mol. The third kappa shape index (κ3) is 8.02. The van der Waals surface area contributed by atoms with Crippen LogP contribution in [-0.4, -0.2) is 43.1 Å². The molecule has 0 aliphatic rings. The number of aromatic nitrogens is 4. The number of hydrogen-bond donors (Lipinski definition) is 2. The van der Waals surface area contributed by atoms with Gasteiger partial charge >= 0.3 is 0 Å². The van der Waals surface area contributed by atoms with Gasteiger partial charge in [-0.15, -0.1) is 21.5 Å². The maximum absolute atomic E-state index is 13.0. The number of nitrogens with one attached hydrogen (secondary N) is 2. The molecule has 0 unspecified atom stereocenters. The van der Waals surface area contributed by atoms with Crippen LogP contribution in [0.1, 0.15) is 22.5 Å². The van der Waals surface area contributed by atoms with Crippen molar-refractivity contribution in [3.63, 3.8) is 0 Å². The van der Waals surface area contributed by atoms with Gasteiger partial charge in [-0.25, -0.2) is 4.98 Å². The Bertz CT molecular complexity index is 2020. The Morgan fingerprint density at radius 1 is 0.787 bits per heavy atom. The minimum absolute atomic E-state index is 0.0776. The number of nitrogens with zero attached hydrogens (tertiary/aromatic N) is 4. The molecule has 0 saturated heterocycles. The Balaban J connectivity index is 1.07. The number of fused-ring (bicyclic) bond motifs is 1. The fraction of sp³-hybridized carbons (Fsp3) is 0.171. The second-order valence-corrected chi connectivity index (χ2v) is 13.9. The van der Waals surface area contributed by atoms with E-state index in [0.717, 1.165) is 48.4 Å². The summed E-state index contributed by atoms with van der Waals surface area (Å²) in [7, 11) is 0. The summed E-state index contributed by atoms with van der Waals surface area (Å²) < 4.78 is 9.70. The molecule has 6 rings (SSSR count). The van der Waals surface area contributed by atoms with Crippen molar-refractivity contribution in [1.29, 1.82) is 0 Å². The lowest BCUT2D eigenvalue weighted by Gasteiger charge is -2.12. The molecule has 0 radical (unpaired) electrons. The van der Waals surface area contributed by atoms with Crippen LogP contribution in [-0.2, 0) is 16.2 Å². The summed E-state index contributed by atoms with van der Waals surface area (Å²) in [6.45, 7) is 6.19. The zero-order valence-electron chi connectivity index (χ0n) is 26.0. The smallest absolute Gasteiger partial charge is 0.234 e. The van der Waals surface area contributed by atoms with Gasteiger partial charge in [0.25, 0.3) is 0 Å². The Hall–Kier alpha value is -4.65. The highest BCUT2D eigenvalue weighted by Crippen LogP contribution is 2.32. The number of hydrogen-bond acceptors (Lipinski definition) is 9. The Kier molecular flexibility index (Phi) is 10.2. The number of thiazole rings is 1. The minimum Gasteiger partial charge on any atom is -0.485 e. The molecule has 2 N–H and O–H groups in total. The zero-order valence-corrected chi connectivity index (χ0v) is 28.5. The van der Waals surface area contributed by atoms with Crippen molar-refractivity contribution in [2.75, 3.05) is 22.1 Å². The van der Waals surface area contributed by atoms with Crippen molar-refractivity contribution in [2.45, 2.75) is 36.9 Å². The van der Waals surface area contributed by atoms with Crippen LogP contribution in [0.3, 0.4) is 0 Å². The average molecular weight is 681 g/mol. The predicted octanol–water partition coefficient (Wildman–Crippen LogP) is 7.84. The Labute approximate surface area is 285 Å². The van der Waals surface area contributed by atoms with Gasteiger partial charge in [0.05, 0.1) is 21.7 Å². The molecule has 238 valence electrons. The molecule has 2 amide bonds. The second kappa shape index (κ2) is 14.8. The summed E-state index contributed by atoms with van der Waals surface area (Å²) in [5.41, 5.74) is 6.33. The molecule has 0 aliphatic carbocycles. The molecule has 2 heterocycles. The zero-order chi connectivity index (χ0) is 32.8. The van der Waals surface area contributed by atoms with E-state index < -0.39 is 0 Å². The highest BCUT2D eigenvalue weighted by atomic mass is 32.2. The van der Waals surface area contributed by atoms with Crippen LogP contribution in [0.2, 0.25) is 0 Å². The van der Waals surface area contributed by atoms with Gasteiger partial charge in [0.15, 0.2) is 15.3 Å². The fourth-order valence-electron chi connectivity index (χ4n) is 4.87. The largest absolute Gasteiger partial charge is 0.485 e. The third-order valence-corrected chi connectivity index (χ3v) is 10.3. The Morgan fingerprint density at radius 3 is 2.28 bits per heavy atom. The molecule has 0 spiro atoms. The van der Waals surface area contributed by atoms with E-state index in [1.165, 1.54) is 34.9 Å². The monoisotopic (exact) mass is 680 g/mol. The van der Waals surface area contributed by atoms with Gasteiger partial charge in [0.2, 0.25) is 11.8 Å². The van der Waals surface area contributed by atoms with Gasteiger partial charge in [-0.2, -0.15) is 0 Å². The summed E-state index contributed by atoms with van der Waals surface area (Å²) in [6.07, 6.45) is 0. The topological polar surface area (TPSA) is 111 Å². The quantitative estimate of drug-likeness (QED) is 0.126. The first-order chi connectivity index (χ1) is 22.8. The van der Waals surface area contributed by atoms with Crippen LogP contribution < -0.4 is 15.4 Å². The van der Waals surface area contributed by atoms with E-state index in [2.05, 4.69) is 25.8 Å². The number of amides is 2. The van der Waals surface area contributed by atoms with E-state index in [9.17, 15) is 9.59 Å². The number of benzene rings is 4. The third-order valence-electron chi connectivity index (χ3n) is 7.22. The number of thioether (sulfide) groups is 2. The molecule has 6 aromatic rings. The van der Waals surface area contributed by atoms with Gasteiger partial charge in [-0.3, -0.25) is 14.2 Å². The number of rotatable bonds is 12. The minimum atomic E-state index is -0.169. The van der Waals surface area contributed by atoms with E-state index in [-0.39, 0.29) is 29.9 Å². The van der Waals surface area contributed by atoms with Gasteiger partial charge < -0.3 is 15.4 Å². The number of aryl methyl sites for hydroxylation is 3. The van der Waals surface area contributed by atoms with Crippen molar-refractivity contribution in [3.05, 3.63) is 114 Å². The van der Waals surface area contributed by atoms with E-state index in [0.29, 0.717) is 16.7 Å². The molecule has 0 aliphatic heterocycles. The van der Waals surface area contributed by atoms with E-state index >= 15 is 0 Å². The lowest BCUT2D eigenvalue weighted by atomic mass is 10.1. The maximum Gasteiger partial charge on any atom is 0.234 e. The molecule has 12 heteroatoms. The Morgan fingerprint density at radius 2 is 1.49 bits per heavy atom. The van der Waals surface area contributed by atoms with Crippen molar-refractivity contribution >= 4 is 68.3 Å². The molecule has 9 nitrogen and oxygen atoms in total. The number of carbonyl (C=O) groups excluding carboxylic acids is 2. The first-order valence-electron chi connectivity index (χ1n) is 14.8. The summed E-state index contributed by atoms with van der Waals surface area (Å²) in [6, 6.07) is 29.2. The van der Waals surface area contributed by atoms with Crippen molar-refractivity contribution in [1.82, 2.24) is 19.7 Å². The van der Waals surface area contributed by atoms with Gasteiger partial charge in [0, 0.05) is 17.1 Å². The first-order valence-corrected chi connectivity index (χ1v) is 17.6. The molecular formula is C35H32N6O3S3. The molecule has 0 bridgehead atoms. The van der Waals surface area contributed by atoms with Crippen molar-refractivity contribution < 1.29 is 14.3 Å². The van der Waals surface area contributed by atoms with Crippen molar-refractivity contribution in [2.24, 2.45) is 0 Å². The standard InChI is InChI=1S/C35H32N6O3S3/c1-22-10-7-8-15-28(22)44-19-30-39-40-34(41(30)26-13-5-4-6-14-26)45-20-31(42)36-25-16-17-27-29(18-25)47-35(37-27)46-21-32(43)38-33-23(2)11-9-12-24(33)3/h4-18H,19-21H2,1-3H3,(H,36,42)(H,38,43). The average Bonchev–Trinajstić information content (AvgIpc) is 3.68. The molecule has 0 saturated carbocycles. The summed E-state index contributed by atoms with van der Waals surface area (Å²) >= 11 is 4.19. The van der Waals surface area contributed by atoms with Crippen LogP contribution in [0.4, 0.5) is 11.4 Å². The number of anilines is 2. The number of ether oxygens (including phenoxy) is 1. The molecule has 0 atom stereocenters. The lowest BCUT2D eigenvalue weighted by molar-refractivity contribution is -0.114. The van der Waals surface area contributed by atoms with E-state index in [4.69, 9.17) is 4.74 Å². The van der Waals surface area contributed by atoms with Crippen LogP contribution >= 0.6 is 34.9 Å². The maximum atomic E-state index is 13.0. The molecule has 4 aromatic carbocycles. The molecule has 2 aromatic heterocycles. The van der Waals surface area contributed by atoms with Crippen LogP contribution in [0.15, 0.2) is 100 Å². The van der Waals surface area contributed by atoms with Crippen LogP contribution in [0, 0.1) is 20.8 Å². The first kappa shape index (κ1) is 32.3. The molecule has 47 heavy (non-hydrogen) atoms. The SMILES string of the molecule is Cc1ccccc1OCc1nnc(SCC(=O)Nc2ccc3nc(SCC(=O)Nc4c(C)cccc4C)sc3c2)n1-c1ccccc1.